The van der Waals surface area contributed by atoms with E-state index in [0.29, 0.717) is 25.7 Å². The Morgan fingerprint density at radius 3 is 2.30 bits per heavy atom. The van der Waals surface area contributed by atoms with Gasteiger partial charge in [0.25, 0.3) is 5.56 Å². The highest BCUT2D eigenvalue weighted by atomic mass is 32.2. The molecule has 5 rings (SSSR count). The van der Waals surface area contributed by atoms with Gasteiger partial charge in [-0.05, 0) is 80.7 Å². The lowest BCUT2D eigenvalue weighted by molar-refractivity contribution is -0.123. The van der Waals surface area contributed by atoms with E-state index in [1.165, 1.54) is 22.8 Å². The normalized spacial score (nSPS) is 21.6. The first kappa shape index (κ1) is 25.6. The van der Waals surface area contributed by atoms with E-state index in [0.717, 1.165) is 36.1 Å². The molecule has 1 aliphatic heterocycles. The third kappa shape index (κ3) is 5.21. The minimum Gasteiger partial charge on any atom is -0.353 e. The Kier molecular flexibility index (Phi) is 7.46. The van der Waals surface area contributed by atoms with Crippen molar-refractivity contribution in [3.63, 3.8) is 0 Å². The Bertz CT molecular complexity index is 1410. The Balaban J connectivity index is 1.36. The lowest BCUT2D eigenvalue weighted by Gasteiger charge is -2.32. The molecule has 7 nitrogen and oxygen atoms in total. The van der Waals surface area contributed by atoms with Gasteiger partial charge in [0.05, 0.1) is 17.5 Å². The van der Waals surface area contributed by atoms with Crippen LogP contribution in [0, 0.1) is 11.6 Å². The average molecular weight is 529 g/mol. The van der Waals surface area contributed by atoms with Crippen LogP contribution in [-0.4, -0.2) is 37.6 Å². The van der Waals surface area contributed by atoms with Crippen molar-refractivity contribution in [1.82, 2.24) is 19.4 Å². The summed E-state index contributed by atoms with van der Waals surface area (Å²) in [5, 5.41) is 3.19. The first-order chi connectivity index (χ1) is 17.8. The molecule has 196 valence electrons. The number of pyridine rings is 1. The molecule has 1 amide bonds. The van der Waals surface area contributed by atoms with Gasteiger partial charge in [0.15, 0.2) is 0 Å². The van der Waals surface area contributed by atoms with E-state index in [4.69, 9.17) is 0 Å². The number of carbonyl (C=O) groups is 1. The van der Waals surface area contributed by atoms with Crippen LogP contribution in [0.15, 0.2) is 46.1 Å². The minimum atomic E-state index is -0.609. The van der Waals surface area contributed by atoms with Gasteiger partial charge in [-0.2, -0.15) is 11.8 Å². The van der Waals surface area contributed by atoms with Gasteiger partial charge in [0, 0.05) is 18.1 Å². The topological polar surface area (TPSA) is 86.0 Å². The van der Waals surface area contributed by atoms with Crippen molar-refractivity contribution in [3.05, 3.63) is 74.6 Å². The smallest absolute Gasteiger partial charge is 0.333 e. The zero-order chi connectivity index (χ0) is 26.1. The molecule has 2 aliphatic rings. The largest absolute Gasteiger partial charge is 0.353 e. The summed E-state index contributed by atoms with van der Waals surface area (Å²) < 4.78 is 30.2. The number of fused-ring (bicyclic) bond motifs is 1. The molecule has 1 N–H and O–H groups in total. The molecule has 1 saturated heterocycles. The highest BCUT2D eigenvalue weighted by Crippen LogP contribution is 2.30. The summed E-state index contributed by atoms with van der Waals surface area (Å²) in [4.78, 5) is 44.1. The SMILES string of the molecule is CC(C(=O)N[C@H]1CC[C@@H](n2c(=O)c3cc(F)cnc3n(C3CCSCC3)c2=O)CC1)c1ccc(F)cc1. The van der Waals surface area contributed by atoms with Crippen molar-refractivity contribution in [1.29, 1.82) is 0 Å². The molecule has 1 saturated carbocycles. The van der Waals surface area contributed by atoms with E-state index in [-0.39, 0.29) is 46.6 Å². The first-order valence-electron chi connectivity index (χ1n) is 12.8. The van der Waals surface area contributed by atoms with E-state index in [1.807, 2.05) is 11.8 Å². The molecule has 10 heteroatoms. The second kappa shape index (κ2) is 10.8. The van der Waals surface area contributed by atoms with Gasteiger partial charge < -0.3 is 5.32 Å². The molecular weight excluding hydrogens is 498 g/mol. The predicted molar refractivity (Wildman–Crippen MR) is 140 cm³/mol. The van der Waals surface area contributed by atoms with Gasteiger partial charge in [-0.15, -0.1) is 0 Å². The van der Waals surface area contributed by atoms with Gasteiger partial charge in [-0.1, -0.05) is 12.1 Å². The van der Waals surface area contributed by atoms with Crippen molar-refractivity contribution >= 4 is 28.7 Å². The summed E-state index contributed by atoms with van der Waals surface area (Å²) >= 11 is 1.83. The maximum absolute atomic E-state index is 14.1. The van der Waals surface area contributed by atoms with Gasteiger partial charge in [-0.3, -0.25) is 18.7 Å². The van der Waals surface area contributed by atoms with E-state index in [2.05, 4.69) is 10.3 Å². The molecule has 3 aromatic rings. The standard InChI is InChI=1S/C27H30F2N4O3S/c1-16(17-2-4-18(28)5-3-17)25(34)31-20-6-8-21(9-7-20)33-26(35)23-14-19(29)15-30-24(23)32(27(33)36)22-10-12-37-13-11-22/h2-5,14-16,20-22H,6-13H2,1H3,(H,31,34)/t16?,20-,21+. The summed E-state index contributed by atoms with van der Waals surface area (Å²) in [5.41, 5.74) is 0.0925. The third-order valence-corrected chi connectivity index (χ3v) is 8.70. The van der Waals surface area contributed by atoms with Crippen LogP contribution in [0.3, 0.4) is 0 Å². The monoisotopic (exact) mass is 528 g/mol. The summed E-state index contributed by atoms with van der Waals surface area (Å²) in [6, 6.07) is 6.57. The number of hydrogen-bond donors (Lipinski definition) is 1. The third-order valence-electron chi connectivity index (χ3n) is 7.65. The van der Waals surface area contributed by atoms with Crippen molar-refractivity contribution < 1.29 is 13.6 Å². The first-order valence-corrected chi connectivity index (χ1v) is 13.9. The van der Waals surface area contributed by atoms with Gasteiger partial charge in [0.1, 0.15) is 17.3 Å². The van der Waals surface area contributed by atoms with Crippen molar-refractivity contribution in [3.8, 4) is 0 Å². The minimum absolute atomic E-state index is 0.0790. The molecule has 0 radical (unpaired) electrons. The van der Waals surface area contributed by atoms with Gasteiger partial charge >= 0.3 is 5.69 Å². The number of hydrogen-bond acceptors (Lipinski definition) is 5. The fraction of sp³-hybridized carbons (Fsp3) is 0.481. The fourth-order valence-corrected chi connectivity index (χ4v) is 6.59. The van der Waals surface area contributed by atoms with E-state index >= 15 is 0 Å². The van der Waals surface area contributed by atoms with Crippen molar-refractivity contribution in [2.75, 3.05) is 11.5 Å². The quantitative estimate of drug-likeness (QED) is 0.534. The summed E-state index contributed by atoms with van der Waals surface area (Å²) in [6.45, 7) is 1.78. The number of thioether (sulfide) groups is 1. The number of halogens is 2. The lowest BCUT2D eigenvalue weighted by atomic mass is 9.90. The zero-order valence-corrected chi connectivity index (χ0v) is 21.5. The van der Waals surface area contributed by atoms with E-state index in [9.17, 15) is 23.2 Å². The fourth-order valence-electron chi connectivity index (χ4n) is 5.51. The van der Waals surface area contributed by atoms with Crippen LogP contribution < -0.4 is 16.6 Å². The van der Waals surface area contributed by atoms with Crippen molar-refractivity contribution in [2.24, 2.45) is 0 Å². The van der Waals surface area contributed by atoms with E-state index in [1.54, 1.807) is 23.6 Å². The second-order valence-corrected chi connectivity index (χ2v) is 11.2. The van der Waals surface area contributed by atoms with Crippen LogP contribution in [0.25, 0.3) is 11.0 Å². The number of aromatic nitrogens is 3. The lowest BCUT2D eigenvalue weighted by Crippen LogP contribution is -2.47. The highest BCUT2D eigenvalue weighted by molar-refractivity contribution is 7.99. The molecule has 37 heavy (non-hydrogen) atoms. The molecule has 1 aromatic carbocycles. The van der Waals surface area contributed by atoms with Crippen LogP contribution in [0.4, 0.5) is 8.78 Å². The molecule has 1 aliphatic carbocycles. The van der Waals surface area contributed by atoms with Gasteiger partial charge in [-0.25, -0.2) is 18.6 Å². The molecule has 2 aromatic heterocycles. The molecular formula is C27H30F2N4O3S. The van der Waals surface area contributed by atoms with Gasteiger partial charge in [0.2, 0.25) is 5.91 Å². The maximum Gasteiger partial charge on any atom is 0.333 e. The Labute approximate surface area is 217 Å². The number of benzene rings is 1. The van der Waals surface area contributed by atoms with Crippen molar-refractivity contribution in [2.45, 2.75) is 69.5 Å². The molecule has 1 atom stereocenters. The highest BCUT2D eigenvalue weighted by Gasteiger charge is 2.30. The second-order valence-electron chi connectivity index (χ2n) is 9.98. The van der Waals surface area contributed by atoms with Crippen LogP contribution in [0.5, 0.6) is 0 Å². The average Bonchev–Trinajstić information content (AvgIpc) is 2.91. The van der Waals surface area contributed by atoms with Crippen LogP contribution in [0.2, 0.25) is 0 Å². The number of nitrogens with zero attached hydrogens (tertiary/aromatic N) is 3. The number of carbonyl (C=O) groups excluding carboxylic acids is 1. The predicted octanol–water partition coefficient (Wildman–Crippen LogP) is 4.31. The summed E-state index contributed by atoms with van der Waals surface area (Å²) in [6.07, 6.45) is 4.94. The Hall–Kier alpha value is -3.01. The maximum atomic E-state index is 14.1. The van der Waals surface area contributed by atoms with Crippen LogP contribution in [-0.2, 0) is 4.79 Å². The Morgan fingerprint density at radius 1 is 0.973 bits per heavy atom. The number of amides is 1. The Morgan fingerprint density at radius 2 is 1.62 bits per heavy atom. The van der Waals surface area contributed by atoms with Crippen LogP contribution in [0.1, 0.15) is 69.0 Å². The van der Waals surface area contributed by atoms with E-state index < -0.39 is 17.3 Å². The zero-order valence-electron chi connectivity index (χ0n) is 20.7. The summed E-state index contributed by atoms with van der Waals surface area (Å²) in [7, 11) is 0. The summed E-state index contributed by atoms with van der Waals surface area (Å²) in [5.74, 6) is 0.308. The molecule has 2 fully saturated rings. The molecule has 0 spiro atoms. The number of nitrogens with one attached hydrogen (secondary N) is 1. The van der Waals surface area contributed by atoms with Crippen LogP contribution >= 0.6 is 11.8 Å². The molecule has 1 unspecified atom stereocenters. The number of rotatable bonds is 5. The molecule has 3 heterocycles. The molecule has 0 bridgehead atoms.